The van der Waals surface area contributed by atoms with Crippen LogP contribution in [-0.2, 0) is 0 Å². The van der Waals surface area contributed by atoms with Gasteiger partial charge in [-0.3, -0.25) is 0 Å². The van der Waals surface area contributed by atoms with Crippen molar-refractivity contribution in [3.63, 3.8) is 0 Å². The average molecular weight is 232 g/mol. The van der Waals surface area contributed by atoms with Gasteiger partial charge in [-0.1, -0.05) is 31.9 Å². The molecule has 0 aliphatic heterocycles. The van der Waals surface area contributed by atoms with Crippen LogP contribution in [0.3, 0.4) is 0 Å². The Morgan fingerprint density at radius 2 is 2.06 bits per heavy atom. The molecule has 0 atom stereocenters. The van der Waals surface area contributed by atoms with Gasteiger partial charge in [0.1, 0.15) is 0 Å². The molecule has 0 aliphatic rings. The fraction of sp³-hybridized carbons (Fsp3) is 0.417. The van der Waals surface area contributed by atoms with Crippen molar-refractivity contribution >= 4 is 17.7 Å². The molecule has 0 saturated heterocycles. The van der Waals surface area contributed by atoms with Crippen molar-refractivity contribution in [1.29, 1.82) is 0 Å². The number of rotatable bonds is 6. The van der Waals surface area contributed by atoms with E-state index >= 15 is 0 Å². The summed E-state index contributed by atoms with van der Waals surface area (Å²) in [5.74, 6) is 0.159. The summed E-state index contributed by atoms with van der Waals surface area (Å²) in [7, 11) is 0. The summed E-state index contributed by atoms with van der Waals surface area (Å²) in [5, 5.41) is 8.96. The molecular formula is C12H17LiO2S. The van der Waals surface area contributed by atoms with E-state index < -0.39 is 5.97 Å². The van der Waals surface area contributed by atoms with Gasteiger partial charge in [-0.05, 0) is 24.3 Å². The molecule has 0 aromatic heterocycles. The summed E-state index contributed by atoms with van der Waals surface area (Å²) in [6.45, 7) is 2.16. The fourth-order valence-corrected chi connectivity index (χ4v) is 2.36. The van der Waals surface area contributed by atoms with Crippen molar-refractivity contribution in [3.8, 4) is 0 Å². The number of carbonyl (C=O) groups is 1. The molecular weight excluding hydrogens is 215 g/mol. The number of carboxylic acid groups (broad SMARTS) is 1. The second-order valence-electron chi connectivity index (χ2n) is 3.36. The molecule has 0 heterocycles. The quantitative estimate of drug-likeness (QED) is 0.447. The van der Waals surface area contributed by atoms with Gasteiger partial charge in [0.15, 0.2) is 0 Å². The van der Waals surface area contributed by atoms with E-state index in [2.05, 4.69) is 6.92 Å². The first-order valence-corrected chi connectivity index (χ1v) is 6.19. The molecule has 16 heavy (non-hydrogen) atoms. The maximum absolute atomic E-state index is 10.9. The van der Waals surface area contributed by atoms with Gasteiger partial charge in [0.25, 0.3) is 0 Å². The van der Waals surface area contributed by atoms with Crippen LogP contribution in [0.1, 0.15) is 38.0 Å². The van der Waals surface area contributed by atoms with Crippen LogP contribution in [-0.4, -0.2) is 16.8 Å². The third kappa shape index (κ3) is 5.11. The summed E-state index contributed by atoms with van der Waals surface area (Å²) in [6.07, 6.45) is 3.55. The molecule has 84 valence electrons. The van der Waals surface area contributed by atoms with Crippen LogP contribution in [0.15, 0.2) is 29.2 Å². The number of aromatic carboxylic acids is 1. The number of unbranched alkanes of at least 4 members (excludes halogenated alkanes) is 2. The normalized spacial score (nSPS) is 9.56. The Morgan fingerprint density at radius 1 is 1.38 bits per heavy atom. The number of hydrogen-bond donors (Lipinski definition) is 1. The van der Waals surface area contributed by atoms with Crippen molar-refractivity contribution in [2.75, 3.05) is 5.75 Å². The summed E-state index contributed by atoms with van der Waals surface area (Å²) >= 11 is 1.63. The molecule has 1 rings (SSSR count). The zero-order valence-electron chi connectivity index (χ0n) is 10.9. The van der Waals surface area contributed by atoms with Gasteiger partial charge in [-0.15, -0.1) is 11.8 Å². The smallest absolute Gasteiger partial charge is 1.00 e. The van der Waals surface area contributed by atoms with Crippen LogP contribution in [0, 0.1) is 0 Å². The minimum absolute atomic E-state index is 0. The van der Waals surface area contributed by atoms with Gasteiger partial charge in [-0.2, -0.15) is 0 Å². The maximum atomic E-state index is 10.9. The average Bonchev–Trinajstić information content (AvgIpc) is 2.25. The SMILES string of the molecule is CCCCCSc1ccccc1C(=O)O.[H-].[Li+]. The van der Waals surface area contributed by atoms with Gasteiger partial charge in [-0.25, -0.2) is 4.79 Å². The van der Waals surface area contributed by atoms with Crippen molar-refractivity contribution in [2.45, 2.75) is 31.1 Å². The zero-order valence-corrected chi connectivity index (χ0v) is 10.7. The van der Waals surface area contributed by atoms with Gasteiger partial charge >= 0.3 is 24.8 Å². The standard InChI is InChI=1S/C12H16O2S.Li.H/c1-2-3-6-9-15-11-8-5-4-7-10(11)12(13)14;;/h4-5,7-8H,2-3,6,9H2,1H3,(H,13,14);;/q;+1;-1. The number of benzene rings is 1. The van der Waals surface area contributed by atoms with E-state index in [0.717, 1.165) is 17.1 Å². The van der Waals surface area contributed by atoms with Crippen LogP contribution in [0.2, 0.25) is 0 Å². The molecule has 0 bridgehead atoms. The predicted molar refractivity (Wildman–Crippen MR) is 64.8 cm³/mol. The minimum atomic E-state index is -0.839. The summed E-state index contributed by atoms with van der Waals surface area (Å²) in [4.78, 5) is 11.8. The Balaban J connectivity index is 0. The van der Waals surface area contributed by atoms with E-state index in [1.165, 1.54) is 12.8 Å². The molecule has 2 nitrogen and oxygen atoms in total. The molecule has 0 amide bonds. The van der Waals surface area contributed by atoms with E-state index in [-0.39, 0.29) is 20.3 Å². The van der Waals surface area contributed by atoms with Crippen molar-refractivity contribution in [1.82, 2.24) is 0 Å². The molecule has 0 radical (unpaired) electrons. The zero-order chi connectivity index (χ0) is 11.1. The second kappa shape index (κ2) is 8.75. The molecule has 0 spiro atoms. The number of carboxylic acids is 1. The topological polar surface area (TPSA) is 37.3 Å². The monoisotopic (exact) mass is 232 g/mol. The van der Waals surface area contributed by atoms with Gasteiger partial charge in [0, 0.05) is 4.90 Å². The number of hydrogen-bond acceptors (Lipinski definition) is 2. The Bertz CT molecular complexity index is 334. The van der Waals surface area contributed by atoms with Crippen LogP contribution in [0.25, 0.3) is 0 Å². The van der Waals surface area contributed by atoms with Crippen molar-refractivity contribution in [3.05, 3.63) is 29.8 Å². The predicted octanol–water partition coefficient (Wildman–Crippen LogP) is 0.784. The molecule has 1 aromatic rings. The third-order valence-electron chi connectivity index (χ3n) is 2.12. The molecule has 1 aromatic carbocycles. The Hall–Kier alpha value is -0.363. The third-order valence-corrected chi connectivity index (χ3v) is 3.28. The van der Waals surface area contributed by atoms with E-state index in [0.29, 0.717) is 5.56 Å². The van der Waals surface area contributed by atoms with Crippen LogP contribution < -0.4 is 18.9 Å². The van der Waals surface area contributed by atoms with Crippen LogP contribution >= 0.6 is 11.8 Å². The van der Waals surface area contributed by atoms with Gasteiger partial charge < -0.3 is 6.53 Å². The molecule has 1 N–H and O–H groups in total. The van der Waals surface area contributed by atoms with Crippen LogP contribution in [0.5, 0.6) is 0 Å². The van der Waals surface area contributed by atoms with E-state index in [1.54, 1.807) is 23.9 Å². The maximum Gasteiger partial charge on any atom is 1.00 e. The first-order valence-electron chi connectivity index (χ1n) is 5.20. The molecule has 0 saturated carbocycles. The molecule has 0 unspecified atom stereocenters. The largest absolute Gasteiger partial charge is 1.00 e. The van der Waals surface area contributed by atoms with Gasteiger partial charge in [0.05, 0.1) is 5.56 Å². The number of thioether (sulfide) groups is 1. The summed E-state index contributed by atoms with van der Waals surface area (Å²) < 4.78 is 0. The van der Waals surface area contributed by atoms with Gasteiger partial charge in [0.2, 0.25) is 0 Å². The molecule has 4 heteroatoms. The van der Waals surface area contributed by atoms with E-state index in [4.69, 9.17) is 5.11 Å². The summed E-state index contributed by atoms with van der Waals surface area (Å²) in [5.41, 5.74) is 0.416. The fourth-order valence-electron chi connectivity index (χ4n) is 1.30. The molecule has 0 aliphatic carbocycles. The first kappa shape index (κ1) is 15.6. The van der Waals surface area contributed by atoms with E-state index in [1.807, 2.05) is 12.1 Å². The Kier molecular flexibility index (Phi) is 8.55. The van der Waals surface area contributed by atoms with Crippen molar-refractivity contribution in [2.24, 2.45) is 0 Å². The summed E-state index contributed by atoms with van der Waals surface area (Å²) in [6, 6.07) is 7.18. The Labute approximate surface area is 114 Å². The van der Waals surface area contributed by atoms with Crippen LogP contribution in [0.4, 0.5) is 0 Å². The molecule has 0 fully saturated rings. The van der Waals surface area contributed by atoms with Crippen molar-refractivity contribution < 1.29 is 30.2 Å². The second-order valence-corrected chi connectivity index (χ2v) is 4.49. The Morgan fingerprint density at radius 3 is 2.69 bits per heavy atom. The van der Waals surface area contributed by atoms with E-state index in [9.17, 15) is 4.79 Å². The minimum Gasteiger partial charge on any atom is -1.00 e. The first-order chi connectivity index (χ1) is 7.25.